The van der Waals surface area contributed by atoms with E-state index in [1.54, 1.807) is 24.5 Å². The van der Waals surface area contributed by atoms with E-state index < -0.39 is 15.4 Å². The molecule has 2 aliphatic rings. The monoisotopic (exact) mass is 539 g/mol. The molecule has 3 aromatic heterocycles. The summed E-state index contributed by atoms with van der Waals surface area (Å²) in [5.41, 5.74) is 7.75. The number of fused-ring (bicyclic) bond motifs is 2. The minimum Gasteiger partial charge on any atom is -0.474 e. The van der Waals surface area contributed by atoms with Gasteiger partial charge in [0.1, 0.15) is 23.3 Å². The number of pyridine rings is 3. The van der Waals surface area contributed by atoms with Gasteiger partial charge in [0.05, 0.1) is 21.9 Å². The second-order valence-electron chi connectivity index (χ2n) is 10.8. The van der Waals surface area contributed by atoms with Gasteiger partial charge in [-0.2, -0.15) is 0 Å². The first-order valence-corrected chi connectivity index (χ1v) is 14.7. The van der Waals surface area contributed by atoms with Gasteiger partial charge in [0.15, 0.2) is 9.84 Å². The summed E-state index contributed by atoms with van der Waals surface area (Å²) in [5, 5.41) is 4.43. The fourth-order valence-electron chi connectivity index (χ4n) is 4.82. The Hall–Kier alpha value is -3.31. The lowest BCUT2D eigenvalue weighted by Gasteiger charge is -2.36. The number of aromatic nitrogens is 3. The Morgan fingerprint density at radius 3 is 2.61 bits per heavy atom. The maximum absolute atomic E-state index is 12.4. The van der Waals surface area contributed by atoms with Crippen molar-refractivity contribution in [2.24, 2.45) is 5.73 Å². The van der Waals surface area contributed by atoms with E-state index in [4.69, 9.17) is 20.2 Å². The Kier molecular flexibility index (Phi) is 6.55. The molecule has 1 aliphatic carbocycles. The third-order valence-corrected chi connectivity index (χ3v) is 9.35. The van der Waals surface area contributed by atoms with Gasteiger partial charge in [-0.15, -0.1) is 0 Å². The quantitative estimate of drug-likeness (QED) is 0.419. The molecule has 0 unspecified atom stereocenters. The van der Waals surface area contributed by atoms with Crippen molar-refractivity contribution in [1.29, 1.82) is 0 Å². The van der Waals surface area contributed by atoms with Crippen molar-refractivity contribution in [2.45, 2.75) is 75.9 Å². The number of nitrogens with two attached hydrogens (primary N) is 1. The second-order valence-corrected chi connectivity index (χ2v) is 13.1. The average molecular weight is 540 g/mol. The van der Waals surface area contributed by atoms with Gasteiger partial charge in [0.25, 0.3) is 0 Å². The SMILES string of the molecule is CC[C@H](N)c1cnc(OC2CC(S(C)(=O)=O)C2)c2cnc(Nc3ccc4c(n3)[C@@H](C)C(C)(C)OC4=O)cc12. The van der Waals surface area contributed by atoms with Crippen LogP contribution in [0.25, 0.3) is 10.8 Å². The standard InChI is InChI=1S/C27H33N5O5S/c1-6-21(28)19-12-30-25(36-15-9-16(10-15)38(5,34)35)20-13-29-23(11-18(19)20)31-22-8-7-17-24(32-22)14(2)27(3,4)37-26(17)33/h7-8,11-16,21H,6,9-10,28H2,1-5H3,(H,29,31,32)/t14-,15?,16?,21+/m1/s1. The van der Waals surface area contributed by atoms with E-state index >= 15 is 0 Å². The molecule has 3 N–H and O–H groups in total. The maximum Gasteiger partial charge on any atom is 0.340 e. The van der Waals surface area contributed by atoms with Crippen LogP contribution in [0.2, 0.25) is 0 Å². The fraction of sp³-hybridized carbons (Fsp3) is 0.481. The molecule has 0 aromatic carbocycles. The molecule has 0 bridgehead atoms. The van der Waals surface area contributed by atoms with E-state index in [0.29, 0.717) is 47.0 Å². The molecule has 0 spiro atoms. The lowest BCUT2D eigenvalue weighted by molar-refractivity contribution is -0.0189. The van der Waals surface area contributed by atoms with Crippen molar-refractivity contribution < 1.29 is 22.7 Å². The molecule has 1 saturated carbocycles. The topological polar surface area (TPSA) is 146 Å². The summed E-state index contributed by atoms with van der Waals surface area (Å²) < 4.78 is 35.2. The lowest BCUT2D eigenvalue weighted by Crippen LogP contribution is -2.42. The minimum atomic E-state index is -3.08. The summed E-state index contributed by atoms with van der Waals surface area (Å²) in [4.78, 5) is 26.2. The molecule has 38 heavy (non-hydrogen) atoms. The number of anilines is 2. The largest absolute Gasteiger partial charge is 0.474 e. The molecule has 202 valence electrons. The number of hydrogen-bond acceptors (Lipinski definition) is 10. The van der Waals surface area contributed by atoms with Gasteiger partial charge in [0, 0.05) is 43.5 Å². The summed E-state index contributed by atoms with van der Waals surface area (Å²) >= 11 is 0. The van der Waals surface area contributed by atoms with Gasteiger partial charge < -0.3 is 20.5 Å². The van der Waals surface area contributed by atoms with Crippen LogP contribution < -0.4 is 15.8 Å². The molecule has 2 atom stereocenters. The van der Waals surface area contributed by atoms with Crippen molar-refractivity contribution in [3.05, 3.63) is 47.4 Å². The highest BCUT2D eigenvalue weighted by atomic mass is 32.2. The van der Waals surface area contributed by atoms with Gasteiger partial charge in [-0.3, -0.25) is 0 Å². The average Bonchev–Trinajstić information content (AvgIpc) is 2.82. The molecule has 4 heterocycles. The summed E-state index contributed by atoms with van der Waals surface area (Å²) in [5.74, 6) is 1.05. The highest BCUT2D eigenvalue weighted by Gasteiger charge is 2.40. The van der Waals surface area contributed by atoms with Crippen LogP contribution in [0.3, 0.4) is 0 Å². The van der Waals surface area contributed by atoms with E-state index in [1.807, 2.05) is 33.8 Å². The number of rotatable bonds is 7. The molecule has 5 rings (SSSR count). The Balaban J connectivity index is 1.46. The Morgan fingerprint density at radius 2 is 1.92 bits per heavy atom. The zero-order chi connectivity index (χ0) is 27.4. The fourth-order valence-corrected chi connectivity index (χ4v) is 5.95. The number of nitrogens with zero attached hydrogens (tertiary/aromatic N) is 3. The summed E-state index contributed by atoms with van der Waals surface area (Å²) in [6.45, 7) is 7.75. The Morgan fingerprint density at radius 1 is 1.18 bits per heavy atom. The molecular formula is C27H33N5O5S. The van der Waals surface area contributed by atoms with Gasteiger partial charge in [-0.25, -0.2) is 28.2 Å². The summed E-state index contributed by atoms with van der Waals surface area (Å²) in [7, 11) is -3.08. The number of nitrogens with one attached hydrogen (secondary N) is 1. The van der Waals surface area contributed by atoms with Crippen molar-refractivity contribution in [2.75, 3.05) is 11.6 Å². The highest BCUT2D eigenvalue weighted by molar-refractivity contribution is 7.91. The van der Waals surface area contributed by atoms with Crippen LogP contribution in [-0.4, -0.2) is 52.5 Å². The molecule has 1 fully saturated rings. The van der Waals surface area contributed by atoms with Crippen molar-refractivity contribution in [1.82, 2.24) is 15.0 Å². The predicted molar refractivity (Wildman–Crippen MR) is 144 cm³/mol. The molecule has 0 saturated heterocycles. The number of ether oxygens (including phenoxy) is 2. The van der Waals surface area contributed by atoms with Gasteiger partial charge in [-0.1, -0.05) is 13.8 Å². The third kappa shape index (κ3) is 4.80. The number of esters is 1. The molecule has 0 amide bonds. The first-order valence-electron chi connectivity index (χ1n) is 12.8. The van der Waals surface area contributed by atoms with E-state index in [1.165, 1.54) is 6.26 Å². The minimum absolute atomic E-state index is 0.0877. The molecule has 10 nitrogen and oxygen atoms in total. The van der Waals surface area contributed by atoms with E-state index in [0.717, 1.165) is 17.4 Å². The molecule has 1 aliphatic heterocycles. The molecule has 11 heteroatoms. The normalized spacial score (nSPS) is 23.2. The Labute approximate surface area is 222 Å². The zero-order valence-corrected chi connectivity index (χ0v) is 23.0. The van der Waals surface area contributed by atoms with Crippen molar-refractivity contribution in [3.8, 4) is 5.88 Å². The first-order chi connectivity index (χ1) is 17.9. The van der Waals surface area contributed by atoms with Gasteiger partial charge >= 0.3 is 5.97 Å². The molecular weight excluding hydrogens is 506 g/mol. The van der Waals surface area contributed by atoms with Crippen LogP contribution in [-0.2, 0) is 14.6 Å². The second kappa shape index (κ2) is 9.46. The van der Waals surface area contributed by atoms with E-state index in [-0.39, 0.29) is 29.3 Å². The van der Waals surface area contributed by atoms with Crippen LogP contribution in [0, 0.1) is 0 Å². The van der Waals surface area contributed by atoms with Crippen LogP contribution >= 0.6 is 0 Å². The third-order valence-electron chi connectivity index (χ3n) is 7.75. The predicted octanol–water partition coefficient (Wildman–Crippen LogP) is 4.19. The van der Waals surface area contributed by atoms with Gasteiger partial charge in [0.2, 0.25) is 5.88 Å². The van der Waals surface area contributed by atoms with Crippen LogP contribution in [0.15, 0.2) is 30.6 Å². The number of cyclic esters (lactones) is 1. The van der Waals surface area contributed by atoms with Crippen molar-refractivity contribution in [3.63, 3.8) is 0 Å². The number of carbonyl (C=O) groups excluding carboxylic acids is 1. The highest BCUT2D eigenvalue weighted by Crippen LogP contribution is 2.39. The Bertz CT molecular complexity index is 1520. The van der Waals surface area contributed by atoms with Crippen LogP contribution in [0.5, 0.6) is 5.88 Å². The number of hydrogen-bond donors (Lipinski definition) is 2. The zero-order valence-electron chi connectivity index (χ0n) is 22.2. The van der Waals surface area contributed by atoms with Crippen molar-refractivity contribution >= 4 is 38.2 Å². The molecule has 0 radical (unpaired) electrons. The number of sulfone groups is 1. The van der Waals surface area contributed by atoms with E-state index in [9.17, 15) is 13.2 Å². The maximum atomic E-state index is 12.4. The van der Waals surface area contributed by atoms with Crippen LogP contribution in [0.1, 0.15) is 80.5 Å². The summed E-state index contributed by atoms with van der Waals surface area (Å²) in [6.07, 6.45) is 6.04. The van der Waals surface area contributed by atoms with E-state index in [2.05, 4.69) is 15.3 Å². The van der Waals surface area contributed by atoms with Crippen LogP contribution in [0.4, 0.5) is 11.6 Å². The van der Waals surface area contributed by atoms with Gasteiger partial charge in [-0.05, 0) is 49.4 Å². The smallest absolute Gasteiger partial charge is 0.340 e. The first kappa shape index (κ1) is 26.3. The molecule has 3 aromatic rings. The number of carbonyl (C=O) groups is 1. The lowest BCUT2D eigenvalue weighted by atomic mass is 9.84. The summed E-state index contributed by atoms with van der Waals surface area (Å²) in [6, 6.07) is 5.10.